The van der Waals surface area contributed by atoms with Gasteiger partial charge in [0.05, 0.1) is 5.56 Å². The fourth-order valence-electron chi connectivity index (χ4n) is 3.00. The Morgan fingerprint density at radius 1 is 1.14 bits per heavy atom. The summed E-state index contributed by atoms with van der Waals surface area (Å²) in [5.74, 6) is 0.465. The molecule has 2 aromatic rings. The lowest BCUT2D eigenvalue weighted by Gasteiger charge is -2.22. The van der Waals surface area contributed by atoms with E-state index in [9.17, 15) is 5.26 Å². The smallest absolute Gasteiger partial charge is 0.127 e. The van der Waals surface area contributed by atoms with Crippen molar-refractivity contribution in [2.45, 2.75) is 32.6 Å². The van der Waals surface area contributed by atoms with Gasteiger partial charge in [0, 0.05) is 5.69 Å². The number of nitrogen functional groups attached to an aromatic ring is 1. The molecule has 0 saturated carbocycles. The lowest BCUT2D eigenvalue weighted by molar-refractivity contribution is 0.675. The predicted octanol–water partition coefficient (Wildman–Crippen LogP) is 3.85. The van der Waals surface area contributed by atoms with Crippen LogP contribution in [0.25, 0.3) is 5.69 Å². The van der Waals surface area contributed by atoms with Crippen molar-refractivity contribution in [3.63, 3.8) is 0 Å². The van der Waals surface area contributed by atoms with Crippen molar-refractivity contribution < 1.29 is 0 Å². The molecule has 3 rings (SSSR count). The van der Waals surface area contributed by atoms with Gasteiger partial charge < -0.3 is 5.73 Å². The average molecular weight is 295 g/mol. The third-order valence-electron chi connectivity index (χ3n) is 4.13. The zero-order valence-electron chi connectivity index (χ0n) is 12.0. The van der Waals surface area contributed by atoms with Crippen molar-refractivity contribution in [3.05, 3.63) is 51.2 Å². The zero-order chi connectivity index (χ0) is 15.0. The summed E-state index contributed by atoms with van der Waals surface area (Å²) in [6.07, 6.45) is 4.07. The molecular weight excluding hydrogens is 278 g/mol. The van der Waals surface area contributed by atoms with Crippen LogP contribution in [0.15, 0.2) is 24.3 Å². The number of aryl methyl sites for hydroxylation is 1. The van der Waals surface area contributed by atoms with Crippen LogP contribution in [0, 0.1) is 22.9 Å². The van der Waals surface area contributed by atoms with E-state index in [1.165, 1.54) is 5.56 Å². The van der Waals surface area contributed by atoms with Crippen LogP contribution in [0.3, 0.4) is 0 Å². The van der Waals surface area contributed by atoms with Gasteiger partial charge in [0.1, 0.15) is 16.5 Å². The summed E-state index contributed by atoms with van der Waals surface area (Å²) in [6, 6.07) is 10.3. The van der Waals surface area contributed by atoms with Crippen LogP contribution in [0.4, 0.5) is 5.82 Å². The minimum Gasteiger partial charge on any atom is -0.384 e. The summed E-state index contributed by atoms with van der Waals surface area (Å²) in [5.41, 5.74) is 11.2. The lowest BCUT2D eigenvalue weighted by atomic mass is 9.89. The van der Waals surface area contributed by atoms with Gasteiger partial charge in [-0.15, -0.1) is 0 Å². The van der Waals surface area contributed by atoms with Gasteiger partial charge in [0.2, 0.25) is 0 Å². The number of hydrogen-bond donors (Lipinski definition) is 1. The van der Waals surface area contributed by atoms with Crippen LogP contribution in [-0.2, 0) is 12.8 Å². The van der Waals surface area contributed by atoms with E-state index in [0.717, 1.165) is 47.1 Å². The number of hydrogen-bond acceptors (Lipinski definition) is 3. The average Bonchev–Trinajstić information content (AvgIpc) is 2.50. The first-order valence-corrected chi connectivity index (χ1v) is 7.57. The number of nitrogens with zero attached hydrogens (tertiary/aromatic N) is 2. The molecule has 0 amide bonds. The number of rotatable bonds is 1. The molecule has 0 bridgehead atoms. The largest absolute Gasteiger partial charge is 0.384 e. The molecule has 1 aliphatic rings. The second kappa shape index (κ2) is 5.34. The summed E-state index contributed by atoms with van der Waals surface area (Å²) < 4.78 is 2.60. The molecule has 0 radical (unpaired) electrons. The minimum absolute atomic E-state index is 0.465. The molecule has 0 atom stereocenters. The first-order chi connectivity index (χ1) is 10.1. The first kappa shape index (κ1) is 13.8. The molecule has 1 aromatic carbocycles. The van der Waals surface area contributed by atoms with Crippen molar-refractivity contribution in [1.29, 1.82) is 5.26 Å². The van der Waals surface area contributed by atoms with Crippen molar-refractivity contribution in [1.82, 2.24) is 4.57 Å². The van der Waals surface area contributed by atoms with Crippen LogP contribution in [0.2, 0.25) is 0 Å². The van der Waals surface area contributed by atoms with Gasteiger partial charge in [-0.2, -0.15) is 5.26 Å². The first-order valence-electron chi connectivity index (χ1n) is 7.17. The third kappa shape index (κ3) is 2.24. The highest BCUT2D eigenvalue weighted by Gasteiger charge is 2.21. The maximum Gasteiger partial charge on any atom is 0.127 e. The van der Waals surface area contributed by atoms with E-state index >= 15 is 0 Å². The molecular formula is C17H17N3S. The van der Waals surface area contributed by atoms with Crippen LogP contribution < -0.4 is 5.73 Å². The van der Waals surface area contributed by atoms with Gasteiger partial charge in [-0.05, 0) is 55.9 Å². The van der Waals surface area contributed by atoms with Crippen molar-refractivity contribution >= 4 is 18.0 Å². The molecule has 1 aliphatic carbocycles. The highest BCUT2D eigenvalue weighted by molar-refractivity contribution is 7.71. The van der Waals surface area contributed by atoms with Crippen LogP contribution >= 0.6 is 12.2 Å². The lowest BCUT2D eigenvalue weighted by Crippen LogP contribution is -2.16. The minimum atomic E-state index is 0.465. The number of pyridine rings is 1. The Morgan fingerprint density at radius 3 is 2.38 bits per heavy atom. The second-order valence-corrected chi connectivity index (χ2v) is 5.90. The van der Waals surface area contributed by atoms with Gasteiger partial charge in [0.15, 0.2) is 0 Å². The maximum absolute atomic E-state index is 9.50. The Labute approximate surface area is 129 Å². The van der Waals surface area contributed by atoms with Gasteiger partial charge in [0.25, 0.3) is 0 Å². The molecule has 0 spiro atoms. The van der Waals surface area contributed by atoms with Crippen LogP contribution in [0.5, 0.6) is 0 Å². The standard InChI is InChI=1S/C17H17N3S/c1-11-6-8-12(9-7-11)20-16(19)15(10-18)13-4-2-3-5-14(13)17(20)21/h6-9H,2-5,19H2,1H3. The van der Waals surface area contributed by atoms with E-state index < -0.39 is 0 Å². The Hall–Kier alpha value is -2.12. The summed E-state index contributed by atoms with van der Waals surface area (Å²) in [6.45, 7) is 2.04. The summed E-state index contributed by atoms with van der Waals surface area (Å²) in [4.78, 5) is 0. The monoisotopic (exact) mass is 295 g/mol. The highest BCUT2D eigenvalue weighted by Crippen LogP contribution is 2.31. The number of fused-ring (bicyclic) bond motifs is 1. The number of nitriles is 1. The molecule has 0 unspecified atom stereocenters. The molecule has 0 fully saturated rings. The Balaban J connectivity index is 2.33. The molecule has 4 heteroatoms. The number of aromatic nitrogens is 1. The zero-order valence-corrected chi connectivity index (χ0v) is 12.8. The van der Waals surface area contributed by atoms with Gasteiger partial charge >= 0.3 is 0 Å². The summed E-state index contributed by atoms with van der Waals surface area (Å²) in [7, 11) is 0. The molecule has 1 aromatic heterocycles. The number of nitrogens with two attached hydrogens (primary N) is 1. The van der Waals surface area contributed by atoms with Gasteiger partial charge in [-0.1, -0.05) is 29.9 Å². The predicted molar refractivity (Wildman–Crippen MR) is 87.1 cm³/mol. The molecule has 0 aliphatic heterocycles. The van der Waals surface area contributed by atoms with E-state index in [2.05, 4.69) is 6.07 Å². The van der Waals surface area contributed by atoms with Crippen LogP contribution in [-0.4, -0.2) is 4.57 Å². The van der Waals surface area contributed by atoms with Gasteiger partial charge in [-0.3, -0.25) is 4.57 Å². The number of benzene rings is 1. The Kier molecular flexibility index (Phi) is 3.52. The van der Waals surface area contributed by atoms with E-state index in [1.807, 2.05) is 35.8 Å². The normalized spacial score (nSPS) is 13.5. The molecule has 106 valence electrons. The fraction of sp³-hybridized carbons (Fsp3) is 0.294. The topological polar surface area (TPSA) is 54.7 Å². The SMILES string of the molecule is Cc1ccc(-n2c(N)c(C#N)c3c(c2=S)CCCC3)cc1. The number of anilines is 1. The second-order valence-electron chi connectivity index (χ2n) is 5.51. The van der Waals surface area contributed by atoms with E-state index in [1.54, 1.807) is 0 Å². The van der Waals surface area contributed by atoms with E-state index in [0.29, 0.717) is 11.4 Å². The van der Waals surface area contributed by atoms with Crippen LogP contribution in [0.1, 0.15) is 35.1 Å². The molecule has 1 heterocycles. The van der Waals surface area contributed by atoms with Gasteiger partial charge in [-0.25, -0.2) is 0 Å². The van der Waals surface area contributed by atoms with Crippen molar-refractivity contribution in [2.75, 3.05) is 5.73 Å². The van der Waals surface area contributed by atoms with Crippen molar-refractivity contribution in [2.24, 2.45) is 0 Å². The maximum atomic E-state index is 9.50. The van der Waals surface area contributed by atoms with Crippen molar-refractivity contribution in [3.8, 4) is 11.8 Å². The third-order valence-corrected chi connectivity index (χ3v) is 4.56. The molecule has 2 N–H and O–H groups in total. The summed E-state index contributed by atoms with van der Waals surface area (Å²) >= 11 is 5.66. The molecule has 21 heavy (non-hydrogen) atoms. The highest BCUT2D eigenvalue weighted by atomic mass is 32.1. The molecule has 0 saturated heterocycles. The fourth-order valence-corrected chi connectivity index (χ4v) is 3.43. The van der Waals surface area contributed by atoms with E-state index in [-0.39, 0.29) is 0 Å². The Bertz CT molecular complexity index is 795. The quantitative estimate of drug-likeness (QED) is 0.813. The van der Waals surface area contributed by atoms with E-state index in [4.69, 9.17) is 18.0 Å². The Morgan fingerprint density at radius 2 is 1.76 bits per heavy atom. The summed E-state index contributed by atoms with van der Waals surface area (Å²) in [5, 5.41) is 9.50. The molecule has 3 nitrogen and oxygen atoms in total.